The van der Waals surface area contributed by atoms with E-state index >= 15 is 0 Å². The zero-order valence-corrected chi connectivity index (χ0v) is 17.0. The molecule has 0 saturated heterocycles. The van der Waals surface area contributed by atoms with Crippen LogP contribution >= 0.6 is 0 Å². The number of nitrogens with one attached hydrogen (secondary N) is 2. The first-order valence-corrected chi connectivity index (χ1v) is 9.88. The fourth-order valence-corrected chi connectivity index (χ4v) is 3.29. The Labute approximate surface area is 175 Å². The molecule has 1 heterocycles. The van der Waals surface area contributed by atoms with Crippen molar-refractivity contribution in [2.24, 2.45) is 13.0 Å². The summed E-state index contributed by atoms with van der Waals surface area (Å²) in [6.07, 6.45) is 5.40. The van der Waals surface area contributed by atoms with E-state index in [2.05, 4.69) is 15.6 Å². The number of methoxy groups -OCH3 is 1. The average Bonchev–Trinajstić information content (AvgIpc) is 3.54. The molecule has 1 atom stereocenters. The smallest absolute Gasteiger partial charge is 0.252 e. The summed E-state index contributed by atoms with van der Waals surface area (Å²) >= 11 is 0. The van der Waals surface area contributed by atoms with Gasteiger partial charge in [-0.25, -0.2) is 4.98 Å². The minimum absolute atomic E-state index is 0.0108. The van der Waals surface area contributed by atoms with E-state index in [1.165, 1.54) is 0 Å². The van der Waals surface area contributed by atoms with E-state index < -0.39 is 6.04 Å². The molecule has 2 amide bonds. The summed E-state index contributed by atoms with van der Waals surface area (Å²) in [5.41, 5.74) is 1.98. The normalized spacial score (nSPS) is 14.1. The highest BCUT2D eigenvalue weighted by molar-refractivity contribution is 5.98. The molecule has 1 aliphatic carbocycles. The molecule has 7 heteroatoms. The Morgan fingerprint density at radius 2 is 1.93 bits per heavy atom. The number of hydrogen-bond donors (Lipinski definition) is 2. The maximum absolute atomic E-state index is 13.1. The first kappa shape index (κ1) is 19.7. The Kier molecular flexibility index (Phi) is 5.52. The molecule has 1 fully saturated rings. The van der Waals surface area contributed by atoms with Gasteiger partial charge in [0.15, 0.2) is 0 Å². The second-order valence-corrected chi connectivity index (χ2v) is 7.42. The van der Waals surface area contributed by atoms with E-state index in [9.17, 15) is 9.59 Å². The van der Waals surface area contributed by atoms with Crippen molar-refractivity contribution in [3.8, 4) is 5.75 Å². The van der Waals surface area contributed by atoms with Gasteiger partial charge in [-0.1, -0.05) is 18.2 Å². The van der Waals surface area contributed by atoms with Gasteiger partial charge in [-0.15, -0.1) is 0 Å². The number of imidazole rings is 1. The predicted molar refractivity (Wildman–Crippen MR) is 113 cm³/mol. The first-order chi connectivity index (χ1) is 14.5. The van der Waals surface area contributed by atoms with Gasteiger partial charge in [-0.2, -0.15) is 0 Å². The first-order valence-electron chi connectivity index (χ1n) is 9.88. The van der Waals surface area contributed by atoms with E-state index in [0.717, 1.165) is 24.2 Å². The van der Waals surface area contributed by atoms with Crippen LogP contribution in [0.1, 0.15) is 40.6 Å². The highest BCUT2D eigenvalue weighted by atomic mass is 16.5. The zero-order valence-electron chi connectivity index (χ0n) is 17.0. The van der Waals surface area contributed by atoms with E-state index in [1.54, 1.807) is 37.6 Å². The zero-order chi connectivity index (χ0) is 21.1. The minimum Gasteiger partial charge on any atom is -0.497 e. The van der Waals surface area contributed by atoms with E-state index in [4.69, 9.17) is 4.74 Å². The molecule has 0 aliphatic heterocycles. The van der Waals surface area contributed by atoms with Gasteiger partial charge >= 0.3 is 0 Å². The number of aromatic nitrogens is 2. The number of rotatable bonds is 7. The second kappa shape index (κ2) is 8.41. The Morgan fingerprint density at radius 3 is 2.57 bits per heavy atom. The van der Waals surface area contributed by atoms with Crippen LogP contribution in [0.4, 0.5) is 5.69 Å². The van der Waals surface area contributed by atoms with Gasteiger partial charge in [0.1, 0.15) is 17.6 Å². The van der Waals surface area contributed by atoms with Crippen LogP contribution in [0.2, 0.25) is 0 Å². The van der Waals surface area contributed by atoms with Gasteiger partial charge in [-0.05, 0) is 48.7 Å². The van der Waals surface area contributed by atoms with Gasteiger partial charge in [-0.3, -0.25) is 9.59 Å². The summed E-state index contributed by atoms with van der Waals surface area (Å²) in [6.45, 7) is 0. The number of ether oxygens (including phenoxy) is 1. The van der Waals surface area contributed by atoms with Crippen molar-refractivity contribution in [3.63, 3.8) is 0 Å². The third kappa shape index (κ3) is 4.35. The third-order valence-corrected chi connectivity index (χ3v) is 5.18. The molecule has 0 radical (unpaired) electrons. The lowest BCUT2D eigenvalue weighted by molar-refractivity contribution is -0.117. The summed E-state index contributed by atoms with van der Waals surface area (Å²) in [6, 6.07) is 14.1. The maximum Gasteiger partial charge on any atom is 0.252 e. The van der Waals surface area contributed by atoms with Crippen molar-refractivity contribution >= 4 is 17.5 Å². The molecule has 2 aromatic carbocycles. The summed E-state index contributed by atoms with van der Waals surface area (Å²) in [7, 11) is 3.50. The van der Waals surface area contributed by atoms with E-state index in [1.807, 2.05) is 42.1 Å². The quantitative estimate of drug-likeness (QED) is 0.633. The Balaban J connectivity index is 1.57. The van der Waals surface area contributed by atoms with Crippen LogP contribution in [-0.2, 0) is 11.8 Å². The van der Waals surface area contributed by atoms with Crippen LogP contribution in [-0.4, -0.2) is 28.5 Å². The number of aryl methyl sites for hydroxylation is 1. The lowest BCUT2D eigenvalue weighted by atomic mass is 10.0. The molecule has 3 aromatic rings. The molecule has 154 valence electrons. The fourth-order valence-electron chi connectivity index (χ4n) is 3.29. The minimum atomic E-state index is -0.437. The van der Waals surface area contributed by atoms with Crippen molar-refractivity contribution in [1.82, 2.24) is 14.9 Å². The summed E-state index contributed by atoms with van der Waals surface area (Å²) in [4.78, 5) is 29.5. The van der Waals surface area contributed by atoms with E-state index in [0.29, 0.717) is 17.1 Å². The molecular weight excluding hydrogens is 380 g/mol. The average molecular weight is 404 g/mol. The SMILES string of the molecule is COc1ccc(C(NC(=O)c2cccc(NC(=O)C3CC3)c2)c2nccn2C)cc1. The van der Waals surface area contributed by atoms with Crippen molar-refractivity contribution in [1.29, 1.82) is 0 Å². The lowest BCUT2D eigenvalue weighted by Crippen LogP contribution is -2.31. The number of benzene rings is 2. The molecule has 30 heavy (non-hydrogen) atoms. The maximum atomic E-state index is 13.1. The van der Waals surface area contributed by atoms with Crippen molar-refractivity contribution in [2.45, 2.75) is 18.9 Å². The number of nitrogens with zero attached hydrogens (tertiary/aromatic N) is 2. The molecular formula is C23H24N4O3. The van der Waals surface area contributed by atoms with Crippen LogP contribution in [0.25, 0.3) is 0 Å². The molecule has 1 aromatic heterocycles. The number of amides is 2. The molecule has 7 nitrogen and oxygen atoms in total. The van der Waals surface area contributed by atoms with Gasteiger partial charge in [0.25, 0.3) is 5.91 Å². The van der Waals surface area contributed by atoms with Gasteiger partial charge in [0.2, 0.25) is 5.91 Å². The second-order valence-electron chi connectivity index (χ2n) is 7.42. The van der Waals surface area contributed by atoms with Crippen LogP contribution < -0.4 is 15.4 Å². The van der Waals surface area contributed by atoms with Gasteiger partial charge in [0.05, 0.1) is 7.11 Å². The molecule has 0 spiro atoms. The number of carbonyl (C=O) groups is 2. The molecule has 2 N–H and O–H groups in total. The van der Waals surface area contributed by atoms with Crippen LogP contribution in [0.3, 0.4) is 0 Å². The van der Waals surface area contributed by atoms with E-state index in [-0.39, 0.29) is 17.7 Å². The van der Waals surface area contributed by atoms with Crippen LogP contribution in [0.5, 0.6) is 5.75 Å². The van der Waals surface area contributed by atoms with Crippen molar-refractivity contribution < 1.29 is 14.3 Å². The van der Waals surface area contributed by atoms with Gasteiger partial charge in [0, 0.05) is 36.6 Å². The number of hydrogen-bond acceptors (Lipinski definition) is 4. The van der Waals surface area contributed by atoms with Crippen LogP contribution in [0.15, 0.2) is 60.9 Å². The molecule has 4 rings (SSSR count). The number of anilines is 1. The predicted octanol–water partition coefficient (Wildman–Crippen LogP) is 3.30. The topological polar surface area (TPSA) is 85.2 Å². The molecule has 0 bridgehead atoms. The molecule has 1 aliphatic rings. The highest BCUT2D eigenvalue weighted by Crippen LogP contribution is 2.30. The molecule has 1 saturated carbocycles. The Morgan fingerprint density at radius 1 is 1.17 bits per heavy atom. The Hall–Kier alpha value is -3.61. The lowest BCUT2D eigenvalue weighted by Gasteiger charge is -2.20. The summed E-state index contributed by atoms with van der Waals surface area (Å²) in [5, 5.41) is 5.95. The summed E-state index contributed by atoms with van der Waals surface area (Å²) < 4.78 is 7.11. The monoisotopic (exact) mass is 404 g/mol. The van der Waals surface area contributed by atoms with Crippen LogP contribution in [0, 0.1) is 5.92 Å². The Bertz CT molecular complexity index is 1050. The van der Waals surface area contributed by atoms with Crippen molar-refractivity contribution in [3.05, 3.63) is 77.9 Å². The molecule has 1 unspecified atom stereocenters. The third-order valence-electron chi connectivity index (χ3n) is 5.18. The van der Waals surface area contributed by atoms with Crippen molar-refractivity contribution in [2.75, 3.05) is 12.4 Å². The number of carbonyl (C=O) groups excluding carboxylic acids is 2. The summed E-state index contributed by atoms with van der Waals surface area (Å²) in [5.74, 6) is 1.32. The highest BCUT2D eigenvalue weighted by Gasteiger charge is 2.29. The fraction of sp³-hybridized carbons (Fsp3) is 0.261. The standard InChI is InChI=1S/C23H24N4O3/c1-27-13-12-24-21(27)20(15-8-10-19(30-2)11-9-15)26-23(29)17-4-3-5-18(14-17)25-22(28)16-6-7-16/h3-5,8-14,16,20H,6-7H2,1-2H3,(H,25,28)(H,26,29). The largest absolute Gasteiger partial charge is 0.497 e. The van der Waals surface area contributed by atoms with Gasteiger partial charge < -0.3 is 19.9 Å².